The maximum atomic E-state index is 12.2. The van der Waals surface area contributed by atoms with Gasteiger partial charge in [0.15, 0.2) is 6.10 Å². The van der Waals surface area contributed by atoms with E-state index in [1.54, 1.807) is 0 Å². The van der Waals surface area contributed by atoms with Crippen LogP contribution < -0.4 is 0 Å². The second-order valence-electron chi connectivity index (χ2n) is 10.8. The minimum Gasteiger partial charge on any atom is -0.462 e. The van der Waals surface area contributed by atoms with Crippen LogP contribution in [0.5, 0.6) is 0 Å². The fourth-order valence-electron chi connectivity index (χ4n) is 4.49. The number of phosphoric ester groups is 1. The second-order valence-corrected chi connectivity index (χ2v) is 12.0. The maximum Gasteiger partial charge on any atom is 0.469 e. The van der Waals surface area contributed by atoms with Gasteiger partial charge in [0.1, 0.15) is 6.61 Å². The van der Waals surface area contributed by atoms with Crippen LogP contribution in [-0.2, 0) is 28.2 Å². The predicted octanol–water partition coefficient (Wildman–Crippen LogP) is 8.56. The summed E-state index contributed by atoms with van der Waals surface area (Å²) in [5.74, 6) is -0.882. The average molecular weight is 579 g/mol. The minimum absolute atomic E-state index is 0.217. The van der Waals surface area contributed by atoms with E-state index in [0.717, 1.165) is 38.5 Å². The lowest BCUT2D eigenvalue weighted by Gasteiger charge is -2.18. The van der Waals surface area contributed by atoms with Gasteiger partial charge in [0.05, 0.1) is 6.61 Å². The molecule has 39 heavy (non-hydrogen) atoms. The van der Waals surface area contributed by atoms with Crippen molar-refractivity contribution in [2.75, 3.05) is 13.2 Å². The zero-order valence-electron chi connectivity index (χ0n) is 25.0. The van der Waals surface area contributed by atoms with E-state index in [1.165, 1.54) is 89.9 Å². The Hall–Kier alpha value is -0.950. The molecule has 0 aliphatic rings. The molecule has 0 aromatic carbocycles. The van der Waals surface area contributed by atoms with Gasteiger partial charge in [-0.25, -0.2) is 4.57 Å². The summed E-state index contributed by atoms with van der Waals surface area (Å²) in [6, 6.07) is 0. The fraction of sp³-hybridized carbons (Fsp3) is 0.933. The molecule has 0 rings (SSSR count). The summed E-state index contributed by atoms with van der Waals surface area (Å²) in [6.45, 7) is 3.63. The van der Waals surface area contributed by atoms with Gasteiger partial charge < -0.3 is 19.3 Å². The van der Waals surface area contributed by atoms with Crippen molar-refractivity contribution in [2.45, 2.75) is 168 Å². The van der Waals surface area contributed by atoms with Crippen molar-refractivity contribution < 1.29 is 37.9 Å². The Kier molecular flexibility index (Phi) is 26.6. The van der Waals surface area contributed by atoms with Crippen molar-refractivity contribution in [3.63, 3.8) is 0 Å². The smallest absolute Gasteiger partial charge is 0.462 e. The van der Waals surface area contributed by atoms with Crippen LogP contribution in [0.25, 0.3) is 0 Å². The zero-order valence-corrected chi connectivity index (χ0v) is 25.9. The van der Waals surface area contributed by atoms with Crippen LogP contribution in [0.4, 0.5) is 0 Å². The second kappa shape index (κ2) is 27.2. The minimum atomic E-state index is -4.73. The Morgan fingerprint density at radius 2 is 0.923 bits per heavy atom. The van der Waals surface area contributed by atoms with Crippen molar-refractivity contribution in [3.8, 4) is 0 Å². The highest BCUT2D eigenvalue weighted by Gasteiger charge is 2.22. The monoisotopic (exact) mass is 578 g/mol. The van der Waals surface area contributed by atoms with E-state index < -0.39 is 32.5 Å². The van der Waals surface area contributed by atoms with E-state index in [9.17, 15) is 14.2 Å². The van der Waals surface area contributed by atoms with Crippen LogP contribution in [0, 0.1) is 0 Å². The quantitative estimate of drug-likeness (QED) is 0.0514. The molecule has 0 fully saturated rings. The largest absolute Gasteiger partial charge is 0.469 e. The van der Waals surface area contributed by atoms with Crippen LogP contribution in [0.15, 0.2) is 0 Å². The van der Waals surface area contributed by atoms with E-state index in [0.29, 0.717) is 6.42 Å². The van der Waals surface area contributed by atoms with Crippen LogP contribution in [0.3, 0.4) is 0 Å². The Morgan fingerprint density at radius 3 is 1.31 bits per heavy atom. The zero-order chi connectivity index (χ0) is 29.0. The molecule has 0 bridgehead atoms. The third-order valence-corrected chi connectivity index (χ3v) is 7.36. The molecule has 0 spiro atoms. The Labute approximate surface area is 238 Å². The predicted molar refractivity (Wildman–Crippen MR) is 156 cm³/mol. The van der Waals surface area contributed by atoms with Gasteiger partial charge in [-0.05, 0) is 12.8 Å². The number of esters is 2. The van der Waals surface area contributed by atoms with Gasteiger partial charge in [-0.15, -0.1) is 0 Å². The maximum absolute atomic E-state index is 12.2. The summed E-state index contributed by atoms with van der Waals surface area (Å²) >= 11 is 0. The molecule has 0 amide bonds. The molecule has 0 saturated heterocycles. The third-order valence-electron chi connectivity index (χ3n) is 6.88. The van der Waals surface area contributed by atoms with E-state index in [4.69, 9.17) is 19.3 Å². The highest BCUT2D eigenvalue weighted by atomic mass is 31.2. The molecule has 1 atom stereocenters. The molecule has 2 N–H and O–H groups in total. The number of carbonyl (C=O) groups is 2. The summed E-state index contributed by atoms with van der Waals surface area (Å²) in [4.78, 5) is 42.3. The summed E-state index contributed by atoms with van der Waals surface area (Å²) in [5, 5.41) is 0. The number of carbonyl (C=O) groups excluding carboxylic acids is 2. The molecule has 0 unspecified atom stereocenters. The normalized spacial score (nSPS) is 12.4. The summed E-state index contributed by atoms with van der Waals surface area (Å²) in [6.07, 6.45) is 24.0. The Balaban J connectivity index is 4.01. The molecule has 8 nitrogen and oxygen atoms in total. The van der Waals surface area contributed by atoms with E-state index in [1.807, 2.05) is 0 Å². The molecular formula is C30H59O8P. The van der Waals surface area contributed by atoms with Gasteiger partial charge in [0, 0.05) is 12.8 Å². The van der Waals surface area contributed by atoms with Crippen molar-refractivity contribution in [3.05, 3.63) is 0 Å². The van der Waals surface area contributed by atoms with Crippen LogP contribution >= 0.6 is 7.82 Å². The molecule has 0 radical (unpaired) electrons. The van der Waals surface area contributed by atoms with Gasteiger partial charge in [-0.3, -0.25) is 14.1 Å². The topological polar surface area (TPSA) is 119 Å². The highest BCUT2D eigenvalue weighted by molar-refractivity contribution is 7.46. The summed E-state index contributed by atoms with van der Waals surface area (Å²) < 4.78 is 26.1. The molecular weight excluding hydrogens is 519 g/mol. The number of rotatable bonds is 29. The molecule has 0 saturated carbocycles. The van der Waals surface area contributed by atoms with Gasteiger partial charge >= 0.3 is 19.8 Å². The van der Waals surface area contributed by atoms with E-state index in [-0.39, 0.29) is 19.4 Å². The lowest BCUT2D eigenvalue weighted by Crippen LogP contribution is -2.29. The first-order valence-electron chi connectivity index (χ1n) is 15.8. The molecule has 0 aromatic rings. The first kappa shape index (κ1) is 38.0. The van der Waals surface area contributed by atoms with Crippen molar-refractivity contribution >= 4 is 19.8 Å². The van der Waals surface area contributed by atoms with Crippen LogP contribution in [0.2, 0.25) is 0 Å². The third kappa shape index (κ3) is 29.8. The van der Waals surface area contributed by atoms with Gasteiger partial charge in [0.25, 0.3) is 0 Å². The number of ether oxygens (including phenoxy) is 2. The highest BCUT2D eigenvalue weighted by Crippen LogP contribution is 2.35. The summed E-state index contributed by atoms with van der Waals surface area (Å²) in [5.41, 5.74) is 0. The van der Waals surface area contributed by atoms with Crippen LogP contribution in [-0.4, -0.2) is 41.0 Å². The molecule has 0 heterocycles. The average Bonchev–Trinajstić information content (AvgIpc) is 2.89. The first-order valence-corrected chi connectivity index (χ1v) is 17.4. The molecule has 0 aromatic heterocycles. The lowest BCUT2D eigenvalue weighted by molar-refractivity contribution is -0.161. The standard InChI is InChI=1S/C30H59O8P/c1-3-5-7-9-11-13-14-15-17-18-20-22-24-29(31)36-26-28(27-37-39(33,34)35)38-30(32)25-23-21-19-16-12-10-8-6-4-2/h28H,3-27H2,1-2H3,(H2,33,34,35)/t28-/m1/s1. The SMILES string of the molecule is CCCCCCCCCCCCCCC(=O)OC[C@H](COP(=O)(O)O)OC(=O)CCCCCCCCCCC. The van der Waals surface area contributed by atoms with Gasteiger partial charge in [-0.1, -0.05) is 136 Å². The van der Waals surface area contributed by atoms with E-state index in [2.05, 4.69) is 18.4 Å². The molecule has 9 heteroatoms. The van der Waals surface area contributed by atoms with Crippen LogP contribution in [0.1, 0.15) is 162 Å². The van der Waals surface area contributed by atoms with Gasteiger partial charge in [-0.2, -0.15) is 0 Å². The fourth-order valence-corrected chi connectivity index (χ4v) is 4.85. The first-order chi connectivity index (χ1) is 18.8. The van der Waals surface area contributed by atoms with Gasteiger partial charge in [0.2, 0.25) is 0 Å². The Bertz CT molecular complexity index is 622. The van der Waals surface area contributed by atoms with Crippen molar-refractivity contribution in [2.24, 2.45) is 0 Å². The number of hydrogen-bond acceptors (Lipinski definition) is 6. The number of hydrogen-bond donors (Lipinski definition) is 2. The van der Waals surface area contributed by atoms with Crippen molar-refractivity contribution in [1.82, 2.24) is 0 Å². The Morgan fingerprint density at radius 1 is 0.564 bits per heavy atom. The number of unbranched alkanes of at least 4 members (excludes halogenated alkanes) is 19. The lowest BCUT2D eigenvalue weighted by atomic mass is 10.0. The molecule has 232 valence electrons. The molecule has 0 aliphatic carbocycles. The summed E-state index contributed by atoms with van der Waals surface area (Å²) in [7, 11) is -4.73. The number of phosphoric acid groups is 1. The van der Waals surface area contributed by atoms with Crippen molar-refractivity contribution in [1.29, 1.82) is 0 Å². The molecule has 0 aliphatic heterocycles. The van der Waals surface area contributed by atoms with E-state index >= 15 is 0 Å².